The maximum atomic E-state index is 4.79. The lowest BCUT2D eigenvalue weighted by molar-refractivity contribution is 0.877. The summed E-state index contributed by atoms with van der Waals surface area (Å²) in [5.41, 5.74) is 3.66. The van der Waals surface area contributed by atoms with Crippen LogP contribution in [0.15, 0.2) is 77.3 Å². The van der Waals surface area contributed by atoms with E-state index in [-0.39, 0.29) is 6.04 Å². The van der Waals surface area contributed by atoms with E-state index in [9.17, 15) is 0 Å². The van der Waals surface area contributed by atoms with Crippen molar-refractivity contribution in [3.8, 4) is 0 Å². The number of aliphatic imine (C=N–C) groups is 1. The molecule has 2 rings (SSSR count). The van der Waals surface area contributed by atoms with Crippen LogP contribution in [-0.2, 0) is 0 Å². The highest BCUT2D eigenvalue weighted by molar-refractivity contribution is 5.78. The lowest BCUT2D eigenvalue weighted by Gasteiger charge is -2.13. The standard InChI is InChI=1S/C19H21N/c1-3-10-16(2)15-20-19(17-11-6-4-7-12-17)18-13-8-5-9-14-18/h4-15,19H,3H2,1-2H3/b16-10+,20-15+. The van der Waals surface area contributed by atoms with E-state index in [1.165, 1.54) is 16.7 Å². The fraction of sp³-hybridized carbons (Fsp3) is 0.211. The van der Waals surface area contributed by atoms with Gasteiger partial charge in [-0.1, -0.05) is 73.7 Å². The third kappa shape index (κ3) is 3.92. The predicted molar refractivity (Wildman–Crippen MR) is 87.3 cm³/mol. The van der Waals surface area contributed by atoms with Crippen LogP contribution in [0.1, 0.15) is 37.4 Å². The van der Waals surface area contributed by atoms with Crippen LogP contribution in [0.25, 0.3) is 0 Å². The topological polar surface area (TPSA) is 12.4 Å². The quantitative estimate of drug-likeness (QED) is 0.657. The second kappa shape index (κ2) is 7.44. The van der Waals surface area contributed by atoms with E-state index in [1.54, 1.807) is 0 Å². The van der Waals surface area contributed by atoms with Gasteiger partial charge in [-0.15, -0.1) is 0 Å². The summed E-state index contributed by atoms with van der Waals surface area (Å²) in [6, 6.07) is 20.9. The molecule has 0 atom stereocenters. The summed E-state index contributed by atoms with van der Waals surface area (Å²) >= 11 is 0. The van der Waals surface area contributed by atoms with Gasteiger partial charge in [-0.3, -0.25) is 4.99 Å². The van der Waals surface area contributed by atoms with Crippen molar-refractivity contribution in [2.45, 2.75) is 26.3 Å². The Kier molecular flexibility index (Phi) is 5.31. The van der Waals surface area contributed by atoms with Crippen LogP contribution in [0.5, 0.6) is 0 Å². The molecule has 2 aromatic rings. The van der Waals surface area contributed by atoms with Crippen molar-refractivity contribution >= 4 is 6.21 Å². The fourth-order valence-electron chi connectivity index (χ4n) is 2.20. The smallest absolute Gasteiger partial charge is 0.0999 e. The summed E-state index contributed by atoms with van der Waals surface area (Å²) in [5, 5.41) is 0. The molecule has 0 heterocycles. The summed E-state index contributed by atoms with van der Waals surface area (Å²) < 4.78 is 0. The van der Waals surface area contributed by atoms with Gasteiger partial charge in [0.1, 0.15) is 0 Å². The molecule has 0 amide bonds. The van der Waals surface area contributed by atoms with E-state index in [1.807, 2.05) is 18.3 Å². The molecule has 2 aromatic carbocycles. The first-order valence-corrected chi connectivity index (χ1v) is 7.11. The molecule has 0 spiro atoms. The molecule has 0 aliphatic heterocycles. The number of hydrogen-bond donors (Lipinski definition) is 0. The molecular weight excluding hydrogens is 242 g/mol. The minimum absolute atomic E-state index is 0.0672. The SMILES string of the molecule is CC/C=C(C)/C=N/C(c1ccccc1)c1ccccc1. The van der Waals surface area contributed by atoms with Gasteiger partial charge in [0.2, 0.25) is 0 Å². The molecule has 0 aliphatic carbocycles. The molecular formula is C19H21N. The largest absolute Gasteiger partial charge is 0.280 e. The molecule has 1 heteroatoms. The Morgan fingerprint density at radius 3 is 1.90 bits per heavy atom. The molecule has 1 nitrogen and oxygen atoms in total. The van der Waals surface area contributed by atoms with E-state index in [0.29, 0.717) is 0 Å². The Hall–Kier alpha value is -2.15. The van der Waals surface area contributed by atoms with Crippen molar-refractivity contribution in [3.63, 3.8) is 0 Å². The van der Waals surface area contributed by atoms with Crippen LogP contribution in [0.4, 0.5) is 0 Å². The molecule has 0 aliphatic rings. The molecule has 0 aromatic heterocycles. The van der Waals surface area contributed by atoms with Crippen LogP contribution in [0, 0.1) is 0 Å². The van der Waals surface area contributed by atoms with Crippen molar-refractivity contribution in [1.82, 2.24) is 0 Å². The Morgan fingerprint density at radius 2 is 1.45 bits per heavy atom. The van der Waals surface area contributed by atoms with Gasteiger partial charge in [0.25, 0.3) is 0 Å². The molecule has 20 heavy (non-hydrogen) atoms. The summed E-state index contributed by atoms with van der Waals surface area (Å²) in [7, 11) is 0. The molecule has 102 valence electrons. The van der Waals surface area contributed by atoms with Crippen LogP contribution >= 0.6 is 0 Å². The van der Waals surface area contributed by atoms with Crippen molar-refractivity contribution in [2.24, 2.45) is 4.99 Å². The van der Waals surface area contributed by atoms with Crippen LogP contribution in [0.3, 0.4) is 0 Å². The van der Waals surface area contributed by atoms with Gasteiger partial charge in [0.05, 0.1) is 6.04 Å². The lowest BCUT2D eigenvalue weighted by Crippen LogP contribution is -1.98. The van der Waals surface area contributed by atoms with E-state index >= 15 is 0 Å². The Balaban J connectivity index is 2.33. The van der Waals surface area contributed by atoms with Crippen LogP contribution < -0.4 is 0 Å². The van der Waals surface area contributed by atoms with E-state index in [2.05, 4.69) is 68.5 Å². The lowest BCUT2D eigenvalue weighted by atomic mass is 9.99. The Labute approximate surface area is 121 Å². The summed E-state index contributed by atoms with van der Waals surface area (Å²) in [5.74, 6) is 0. The Morgan fingerprint density at radius 1 is 0.950 bits per heavy atom. The molecule has 0 bridgehead atoms. The van der Waals surface area contributed by atoms with Crippen molar-refractivity contribution in [3.05, 3.63) is 83.4 Å². The molecule has 0 unspecified atom stereocenters. The van der Waals surface area contributed by atoms with Gasteiger partial charge >= 0.3 is 0 Å². The first-order valence-electron chi connectivity index (χ1n) is 7.11. The van der Waals surface area contributed by atoms with Crippen molar-refractivity contribution < 1.29 is 0 Å². The number of hydrogen-bond acceptors (Lipinski definition) is 1. The van der Waals surface area contributed by atoms with Crippen molar-refractivity contribution in [2.75, 3.05) is 0 Å². The van der Waals surface area contributed by atoms with Crippen molar-refractivity contribution in [1.29, 1.82) is 0 Å². The maximum Gasteiger partial charge on any atom is 0.0999 e. The van der Waals surface area contributed by atoms with Crippen LogP contribution in [-0.4, -0.2) is 6.21 Å². The van der Waals surface area contributed by atoms with E-state index < -0.39 is 0 Å². The zero-order valence-electron chi connectivity index (χ0n) is 12.2. The average molecular weight is 263 g/mol. The average Bonchev–Trinajstić information content (AvgIpc) is 2.50. The van der Waals surface area contributed by atoms with Gasteiger partial charge in [-0.05, 0) is 30.0 Å². The van der Waals surface area contributed by atoms with Gasteiger partial charge in [-0.2, -0.15) is 0 Å². The molecule has 0 saturated heterocycles. The molecule has 0 fully saturated rings. The highest BCUT2D eigenvalue weighted by Gasteiger charge is 2.10. The maximum absolute atomic E-state index is 4.79. The highest BCUT2D eigenvalue weighted by Crippen LogP contribution is 2.25. The number of rotatable bonds is 5. The van der Waals surface area contributed by atoms with Gasteiger partial charge < -0.3 is 0 Å². The molecule has 0 radical (unpaired) electrons. The zero-order chi connectivity index (χ0) is 14.2. The minimum atomic E-state index is 0.0672. The van der Waals surface area contributed by atoms with E-state index in [4.69, 9.17) is 4.99 Å². The van der Waals surface area contributed by atoms with Crippen LogP contribution in [0.2, 0.25) is 0 Å². The number of allylic oxidation sites excluding steroid dienone is 2. The van der Waals surface area contributed by atoms with Gasteiger partial charge in [0, 0.05) is 6.21 Å². The number of benzene rings is 2. The second-order valence-corrected chi connectivity index (χ2v) is 4.86. The first kappa shape index (κ1) is 14.3. The third-order valence-corrected chi connectivity index (χ3v) is 3.18. The zero-order valence-corrected chi connectivity index (χ0v) is 12.2. The fourth-order valence-corrected chi connectivity index (χ4v) is 2.20. The van der Waals surface area contributed by atoms with Gasteiger partial charge in [-0.25, -0.2) is 0 Å². The monoisotopic (exact) mass is 263 g/mol. The third-order valence-electron chi connectivity index (χ3n) is 3.18. The molecule has 0 saturated carbocycles. The van der Waals surface area contributed by atoms with Gasteiger partial charge in [0.15, 0.2) is 0 Å². The first-order chi connectivity index (χ1) is 9.81. The second-order valence-electron chi connectivity index (χ2n) is 4.86. The summed E-state index contributed by atoms with van der Waals surface area (Å²) in [6.45, 7) is 4.24. The summed E-state index contributed by atoms with van der Waals surface area (Å²) in [6.07, 6.45) is 5.21. The number of nitrogens with zero attached hydrogens (tertiary/aromatic N) is 1. The molecule has 0 N–H and O–H groups in total. The highest BCUT2D eigenvalue weighted by atomic mass is 14.8. The Bertz CT molecular complexity index is 528. The minimum Gasteiger partial charge on any atom is -0.280 e. The predicted octanol–water partition coefficient (Wildman–Crippen LogP) is 5.20. The van der Waals surface area contributed by atoms with E-state index in [0.717, 1.165) is 6.42 Å². The normalized spacial score (nSPS) is 12.2. The summed E-state index contributed by atoms with van der Waals surface area (Å²) in [4.78, 5) is 4.79.